The molecule has 0 spiro atoms. The third kappa shape index (κ3) is 6.47. The minimum absolute atomic E-state index is 0.117. The first-order valence-corrected chi connectivity index (χ1v) is 9.32. The van der Waals surface area contributed by atoms with Crippen LogP contribution in [0, 0.1) is 0 Å². The third-order valence-corrected chi connectivity index (χ3v) is 4.91. The molecule has 0 radical (unpaired) electrons. The van der Waals surface area contributed by atoms with E-state index >= 15 is 0 Å². The highest BCUT2D eigenvalue weighted by Crippen LogP contribution is 2.37. The molecule has 0 heterocycles. The molecule has 0 N–H and O–H groups in total. The fourth-order valence-corrected chi connectivity index (χ4v) is 3.13. The van der Waals surface area contributed by atoms with Crippen molar-refractivity contribution < 1.29 is 31.1 Å². The largest absolute Gasteiger partial charge is 0.416 e. The summed E-state index contributed by atoms with van der Waals surface area (Å²) in [6.45, 7) is 3.64. The molecule has 2 aromatic rings. The Bertz CT molecular complexity index is 796. The lowest BCUT2D eigenvalue weighted by molar-refractivity contribution is -0.143. The van der Waals surface area contributed by atoms with E-state index in [4.69, 9.17) is 4.74 Å². The molecule has 8 heteroatoms. The second-order valence-corrected chi connectivity index (χ2v) is 8.10. The van der Waals surface area contributed by atoms with E-state index in [2.05, 4.69) is 0 Å². The summed E-state index contributed by atoms with van der Waals surface area (Å²) >= 11 is 0. The summed E-state index contributed by atoms with van der Waals surface area (Å²) < 4.78 is 84.1. The maximum atomic E-state index is 13.1. The van der Waals surface area contributed by atoms with Crippen LogP contribution < -0.4 is 0 Å². The van der Waals surface area contributed by atoms with Crippen molar-refractivity contribution >= 4 is 0 Å². The zero-order valence-electron chi connectivity index (χ0n) is 17.2. The first-order chi connectivity index (χ1) is 13.7. The minimum Gasteiger partial charge on any atom is -0.358 e. The Balaban J connectivity index is 2.24. The van der Waals surface area contributed by atoms with Gasteiger partial charge >= 0.3 is 12.4 Å². The van der Waals surface area contributed by atoms with Gasteiger partial charge in [-0.15, -0.1) is 0 Å². The van der Waals surface area contributed by atoms with Crippen LogP contribution >= 0.6 is 0 Å². The quantitative estimate of drug-likeness (QED) is 0.365. The first-order valence-electron chi connectivity index (χ1n) is 9.32. The van der Waals surface area contributed by atoms with Crippen LogP contribution in [-0.4, -0.2) is 25.2 Å². The summed E-state index contributed by atoms with van der Waals surface area (Å²) in [6, 6.07) is 11.2. The van der Waals surface area contributed by atoms with E-state index < -0.39 is 29.7 Å². The number of benzene rings is 2. The minimum atomic E-state index is -4.88. The van der Waals surface area contributed by atoms with Gasteiger partial charge in [0.05, 0.1) is 17.7 Å². The van der Waals surface area contributed by atoms with Crippen LogP contribution in [-0.2, 0) is 29.1 Å². The zero-order valence-corrected chi connectivity index (χ0v) is 17.2. The fourth-order valence-electron chi connectivity index (χ4n) is 3.13. The molecular formula is C22H25F6NO. The molecule has 1 unspecified atom stereocenters. The number of nitrogens with zero attached hydrogens (tertiary/aromatic N) is 1. The van der Waals surface area contributed by atoms with Crippen molar-refractivity contribution in [2.24, 2.45) is 0 Å². The lowest BCUT2D eigenvalue weighted by Gasteiger charge is -2.33. The van der Waals surface area contributed by atoms with Crippen LogP contribution in [0.5, 0.6) is 0 Å². The molecule has 0 bridgehead atoms. The van der Waals surface area contributed by atoms with Gasteiger partial charge in [-0.05, 0) is 55.3 Å². The normalized spacial score (nSPS) is 14.2. The van der Waals surface area contributed by atoms with Crippen LogP contribution in [0.25, 0.3) is 0 Å². The second kappa shape index (κ2) is 8.98. The Morgan fingerprint density at radius 3 is 1.73 bits per heavy atom. The van der Waals surface area contributed by atoms with Crippen LogP contribution in [0.3, 0.4) is 0 Å². The summed E-state index contributed by atoms with van der Waals surface area (Å²) in [5, 5.41) is 0. The standard InChI is InChI=1S/C22H25F6NO/c1-20(2,16-8-6-5-7-9-16)13-19(29(3)4)30-14-15-10-17(21(23,24)25)12-18(11-15)22(26,27)28/h5-12,19H,13-14H2,1-4H3. The maximum Gasteiger partial charge on any atom is 0.416 e. The summed E-state index contributed by atoms with van der Waals surface area (Å²) in [7, 11) is 3.50. The monoisotopic (exact) mass is 433 g/mol. The van der Waals surface area contributed by atoms with Crippen molar-refractivity contribution in [1.82, 2.24) is 4.90 Å². The van der Waals surface area contributed by atoms with Crippen LogP contribution in [0.4, 0.5) is 26.3 Å². The van der Waals surface area contributed by atoms with Gasteiger partial charge < -0.3 is 4.74 Å². The molecular weight excluding hydrogens is 408 g/mol. The SMILES string of the molecule is CN(C)C(CC(C)(C)c1ccccc1)OCc1cc(C(F)(F)F)cc(C(F)(F)F)c1. The summed E-state index contributed by atoms with van der Waals surface area (Å²) in [6.07, 6.45) is -9.78. The van der Waals surface area contributed by atoms with E-state index in [-0.39, 0.29) is 23.7 Å². The van der Waals surface area contributed by atoms with E-state index in [1.54, 1.807) is 19.0 Å². The molecule has 0 aromatic heterocycles. The number of halogens is 6. The highest BCUT2D eigenvalue weighted by Gasteiger charge is 2.37. The van der Waals surface area contributed by atoms with E-state index in [1.807, 2.05) is 44.2 Å². The Labute approximate surface area is 172 Å². The predicted molar refractivity (Wildman–Crippen MR) is 103 cm³/mol. The molecule has 0 aliphatic carbocycles. The maximum absolute atomic E-state index is 13.1. The molecule has 0 aliphatic rings. The Morgan fingerprint density at radius 1 is 0.800 bits per heavy atom. The van der Waals surface area contributed by atoms with Crippen molar-refractivity contribution in [1.29, 1.82) is 0 Å². The zero-order chi connectivity index (χ0) is 22.7. The van der Waals surface area contributed by atoms with Crippen molar-refractivity contribution in [3.63, 3.8) is 0 Å². The van der Waals surface area contributed by atoms with E-state index in [9.17, 15) is 26.3 Å². The molecule has 0 fully saturated rings. The van der Waals surface area contributed by atoms with Gasteiger partial charge in [0.1, 0.15) is 6.23 Å². The van der Waals surface area contributed by atoms with Crippen molar-refractivity contribution in [2.45, 2.75) is 50.9 Å². The summed E-state index contributed by atoms with van der Waals surface area (Å²) in [4.78, 5) is 1.75. The Hall–Kier alpha value is -2.06. The van der Waals surface area contributed by atoms with Crippen molar-refractivity contribution in [3.8, 4) is 0 Å². The van der Waals surface area contributed by atoms with Gasteiger partial charge in [-0.1, -0.05) is 44.2 Å². The number of rotatable bonds is 7. The molecule has 166 valence electrons. The molecule has 0 amide bonds. The molecule has 0 aliphatic heterocycles. The van der Waals surface area contributed by atoms with Gasteiger partial charge in [0.15, 0.2) is 0 Å². The summed E-state index contributed by atoms with van der Waals surface area (Å²) in [5.74, 6) is 0. The molecule has 2 aromatic carbocycles. The van der Waals surface area contributed by atoms with Crippen molar-refractivity contribution in [2.75, 3.05) is 14.1 Å². The third-order valence-electron chi connectivity index (χ3n) is 4.91. The van der Waals surface area contributed by atoms with Gasteiger partial charge in [-0.3, -0.25) is 4.90 Å². The van der Waals surface area contributed by atoms with Gasteiger partial charge in [-0.2, -0.15) is 26.3 Å². The van der Waals surface area contributed by atoms with Crippen LogP contribution in [0.2, 0.25) is 0 Å². The molecule has 30 heavy (non-hydrogen) atoms. The van der Waals surface area contributed by atoms with Gasteiger partial charge in [0, 0.05) is 0 Å². The van der Waals surface area contributed by atoms with E-state index in [0.29, 0.717) is 18.6 Å². The lowest BCUT2D eigenvalue weighted by atomic mass is 9.81. The second-order valence-electron chi connectivity index (χ2n) is 8.10. The first kappa shape index (κ1) is 24.2. The molecule has 0 saturated carbocycles. The van der Waals surface area contributed by atoms with Crippen molar-refractivity contribution in [3.05, 3.63) is 70.8 Å². The molecule has 0 saturated heterocycles. The van der Waals surface area contributed by atoms with E-state index in [0.717, 1.165) is 5.56 Å². The van der Waals surface area contributed by atoms with Gasteiger partial charge in [0.25, 0.3) is 0 Å². The van der Waals surface area contributed by atoms with Crippen LogP contribution in [0.15, 0.2) is 48.5 Å². The van der Waals surface area contributed by atoms with Gasteiger partial charge in [0.2, 0.25) is 0 Å². The number of alkyl halides is 6. The number of hydrogen-bond acceptors (Lipinski definition) is 2. The van der Waals surface area contributed by atoms with Gasteiger partial charge in [-0.25, -0.2) is 0 Å². The summed E-state index contributed by atoms with van der Waals surface area (Å²) in [5.41, 5.74) is -2.13. The van der Waals surface area contributed by atoms with Crippen LogP contribution in [0.1, 0.15) is 42.5 Å². The topological polar surface area (TPSA) is 12.5 Å². The number of hydrogen-bond donors (Lipinski definition) is 0. The lowest BCUT2D eigenvalue weighted by Crippen LogP contribution is -2.36. The Kier molecular flexibility index (Phi) is 7.24. The van der Waals surface area contributed by atoms with E-state index in [1.165, 1.54) is 0 Å². The highest BCUT2D eigenvalue weighted by molar-refractivity contribution is 5.33. The molecule has 1 atom stereocenters. The Morgan fingerprint density at radius 2 is 1.30 bits per heavy atom. The predicted octanol–water partition coefficient (Wildman–Crippen LogP) is 6.50. The molecule has 2 nitrogen and oxygen atoms in total. The average molecular weight is 433 g/mol. The average Bonchev–Trinajstić information content (AvgIpc) is 2.64. The molecule has 2 rings (SSSR count). The fraction of sp³-hybridized carbons (Fsp3) is 0.455. The smallest absolute Gasteiger partial charge is 0.358 e. The highest BCUT2D eigenvalue weighted by atomic mass is 19.4. The number of ether oxygens (including phenoxy) is 1.